The van der Waals surface area contributed by atoms with Crippen molar-refractivity contribution in [3.63, 3.8) is 0 Å². The average Bonchev–Trinajstić information content (AvgIpc) is 3.55. The lowest BCUT2D eigenvalue weighted by molar-refractivity contribution is -0.128. The number of hydrogen-bond donors (Lipinski definition) is 2. The number of phenols is 1. The number of fused-ring (bicyclic) bond motifs is 3. The van der Waals surface area contributed by atoms with Crippen LogP contribution in [0.3, 0.4) is 0 Å². The first kappa shape index (κ1) is 29.1. The Hall–Kier alpha value is -3.63. The molecule has 1 heterocycles. The molecule has 1 aliphatic heterocycles. The minimum atomic E-state index is -0.480. The van der Waals surface area contributed by atoms with E-state index in [0.717, 1.165) is 70.9 Å². The number of aromatic hydroxyl groups is 1. The van der Waals surface area contributed by atoms with Gasteiger partial charge in [-0.2, -0.15) is 0 Å². The largest absolute Gasteiger partial charge is 0.508 e. The Balaban J connectivity index is 1.17. The molecule has 0 aromatic heterocycles. The average molecular weight is 587 g/mol. The second-order valence-corrected chi connectivity index (χ2v) is 14.0. The highest BCUT2D eigenvalue weighted by Gasteiger charge is 2.52. The quantitative estimate of drug-likeness (QED) is 0.221. The van der Waals surface area contributed by atoms with Gasteiger partial charge < -0.3 is 10.4 Å². The predicted molar refractivity (Wildman–Crippen MR) is 179 cm³/mol. The Morgan fingerprint density at radius 2 is 1.66 bits per heavy atom. The van der Waals surface area contributed by atoms with Crippen LogP contribution in [0, 0.1) is 5.92 Å². The third kappa shape index (κ3) is 5.32. The van der Waals surface area contributed by atoms with E-state index < -0.39 is 5.41 Å². The molecule has 4 heteroatoms. The molecule has 44 heavy (non-hydrogen) atoms. The molecule has 2 saturated carbocycles. The maximum absolute atomic E-state index is 14.6. The first-order valence-electron chi connectivity index (χ1n) is 16.8. The number of benzene rings is 4. The highest BCUT2D eigenvalue weighted by molar-refractivity contribution is 5.96. The Kier molecular flexibility index (Phi) is 7.97. The minimum absolute atomic E-state index is 0.0716. The number of nitrogens with zero attached hydrogens (tertiary/aromatic N) is 1. The molecule has 1 amide bonds. The van der Waals surface area contributed by atoms with Gasteiger partial charge in [0.2, 0.25) is 5.91 Å². The summed E-state index contributed by atoms with van der Waals surface area (Å²) in [4.78, 5) is 17.3. The number of hydrogen-bond acceptors (Lipinski definition) is 3. The van der Waals surface area contributed by atoms with E-state index in [1.807, 2.05) is 12.1 Å². The van der Waals surface area contributed by atoms with Gasteiger partial charge in [0.25, 0.3) is 0 Å². The first-order valence-corrected chi connectivity index (χ1v) is 16.8. The maximum Gasteiger partial charge on any atom is 0.230 e. The van der Waals surface area contributed by atoms with Crippen molar-refractivity contribution in [2.75, 3.05) is 13.1 Å². The van der Waals surface area contributed by atoms with Gasteiger partial charge in [-0.3, -0.25) is 9.69 Å². The highest BCUT2D eigenvalue weighted by atomic mass is 16.3. The molecule has 4 aromatic rings. The Labute approximate surface area is 262 Å². The van der Waals surface area contributed by atoms with Crippen LogP contribution in [-0.4, -0.2) is 41.1 Å². The number of piperidine rings is 1. The van der Waals surface area contributed by atoms with Crippen molar-refractivity contribution in [3.05, 3.63) is 114 Å². The van der Waals surface area contributed by atoms with Crippen molar-refractivity contribution in [2.24, 2.45) is 5.92 Å². The van der Waals surface area contributed by atoms with Gasteiger partial charge in [-0.1, -0.05) is 105 Å². The zero-order chi connectivity index (χ0) is 30.1. The molecule has 1 saturated heterocycles. The van der Waals surface area contributed by atoms with Crippen LogP contribution in [-0.2, 0) is 22.0 Å². The molecule has 3 aliphatic rings. The van der Waals surface area contributed by atoms with Crippen molar-refractivity contribution >= 4 is 16.7 Å². The predicted octanol–water partition coefficient (Wildman–Crippen LogP) is 7.92. The SMILES string of the molecule is C[C@H]1CN(CCCc2ccccc2)[C@@H]2C[C@@H](NC(=O)C3(c4cccc5ccccc45)CCCC3)C[C@@]1(c1cccc(O)c1)C2. The Bertz CT molecular complexity index is 1610. The second-order valence-electron chi connectivity index (χ2n) is 14.0. The van der Waals surface area contributed by atoms with Gasteiger partial charge in [-0.15, -0.1) is 0 Å². The van der Waals surface area contributed by atoms with E-state index >= 15 is 0 Å². The molecule has 3 fully saturated rings. The Morgan fingerprint density at radius 3 is 2.48 bits per heavy atom. The number of amides is 1. The molecule has 2 bridgehead atoms. The first-order chi connectivity index (χ1) is 21.5. The minimum Gasteiger partial charge on any atom is -0.508 e. The molecule has 228 valence electrons. The number of rotatable bonds is 8. The van der Waals surface area contributed by atoms with E-state index in [1.165, 1.54) is 27.5 Å². The zero-order valence-corrected chi connectivity index (χ0v) is 26.1. The van der Waals surface area contributed by atoms with Crippen molar-refractivity contribution < 1.29 is 9.90 Å². The van der Waals surface area contributed by atoms with Crippen molar-refractivity contribution in [3.8, 4) is 5.75 Å². The van der Waals surface area contributed by atoms with Crippen molar-refractivity contribution in [1.82, 2.24) is 10.2 Å². The van der Waals surface area contributed by atoms with E-state index in [9.17, 15) is 9.90 Å². The molecule has 4 nitrogen and oxygen atoms in total. The molecular weight excluding hydrogens is 540 g/mol. The summed E-state index contributed by atoms with van der Waals surface area (Å²) < 4.78 is 0. The highest BCUT2D eigenvalue weighted by Crippen LogP contribution is 2.51. The molecule has 0 spiro atoms. The van der Waals surface area contributed by atoms with Crippen LogP contribution in [0.1, 0.15) is 75.0 Å². The number of phenolic OH excluding ortho intramolecular Hbond substituents is 1. The number of likely N-dealkylation sites (tertiary alicyclic amines) is 1. The third-order valence-corrected chi connectivity index (χ3v) is 11.4. The van der Waals surface area contributed by atoms with Gasteiger partial charge in [-0.05, 0) is 97.0 Å². The van der Waals surface area contributed by atoms with Gasteiger partial charge >= 0.3 is 0 Å². The summed E-state index contributed by atoms with van der Waals surface area (Å²) in [6.45, 7) is 4.51. The Morgan fingerprint density at radius 1 is 0.909 bits per heavy atom. The summed E-state index contributed by atoms with van der Waals surface area (Å²) in [6.07, 6.45) is 9.18. The smallest absolute Gasteiger partial charge is 0.230 e. The fraction of sp³-hybridized carbons (Fsp3) is 0.425. The van der Waals surface area contributed by atoms with Crippen molar-refractivity contribution in [1.29, 1.82) is 0 Å². The van der Waals surface area contributed by atoms with Crippen LogP contribution < -0.4 is 5.32 Å². The van der Waals surface area contributed by atoms with E-state index in [2.05, 4.69) is 96.0 Å². The van der Waals surface area contributed by atoms with E-state index in [1.54, 1.807) is 6.07 Å². The normalized spacial score (nSPS) is 26.4. The molecular formula is C40H46N2O2. The molecule has 2 N–H and O–H groups in total. The second kappa shape index (κ2) is 12.0. The van der Waals surface area contributed by atoms with E-state index in [-0.39, 0.29) is 17.4 Å². The summed E-state index contributed by atoms with van der Waals surface area (Å²) >= 11 is 0. The van der Waals surface area contributed by atoms with Crippen LogP contribution in [0.2, 0.25) is 0 Å². The summed E-state index contributed by atoms with van der Waals surface area (Å²) in [5.74, 6) is 0.957. The van der Waals surface area contributed by atoms with E-state index in [0.29, 0.717) is 17.7 Å². The van der Waals surface area contributed by atoms with Gasteiger partial charge in [0.05, 0.1) is 5.41 Å². The fourth-order valence-corrected chi connectivity index (χ4v) is 9.21. The van der Waals surface area contributed by atoms with Crippen LogP contribution in [0.5, 0.6) is 5.75 Å². The van der Waals surface area contributed by atoms with Gasteiger partial charge in [0, 0.05) is 24.0 Å². The van der Waals surface area contributed by atoms with Gasteiger partial charge in [0.1, 0.15) is 5.75 Å². The topological polar surface area (TPSA) is 52.6 Å². The lowest BCUT2D eigenvalue weighted by Gasteiger charge is -2.57. The molecule has 0 radical (unpaired) electrons. The summed E-state index contributed by atoms with van der Waals surface area (Å²) in [5.41, 5.74) is 3.27. The molecule has 7 rings (SSSR count). The molecule has 0 unspecified atom stereocenters. The lowest BCUT2D eigenvalue weighted by Crippen LogP contribution is -2.62. The molecule has 4 aromatic carbocycles. The lowest BCUT2D eigenvalue weighted by atomic mass is 9.57. The molecule has 4 atom stereocenters. The monoisotopic (exact) mass is 586 g/mol. The summed E-state index contributed by atoms with van der Waals surface area (Å²) in [7, 11) is 0. The number of nitrogens with one attached hydrogen (secondary N) is 1. The van der Waals surface area contributed by atoms with Crippen LogP contribution in [0.25, 0.3) is 10.8 Å². The van der Waals surface area contributed by atoms with Crippen molar-refractivity contribution in [2.45, 2.75) is 87.6 Å². The van der Waals surface area contributed by atoms with Crippen LogP contribution >= 0.6 is 0 Å². The van der Waals surface area contributed by atoms with E-state index in [4.69, 9.17) is 0 Å². The zero-order valence-electron chi connectivity index (χ0n) is 26.1. The number of carbonyl (C=O) groups excluding carboxylic acids is 1. The maximum atomic E-state index is 14.6. The summed E-state index contributed by atoms with van der Waals surface area (Å²) in [5, 5.41) is 16.6. The van der Waals surface area contributed by atoms with Gasteiger partial charge in [-0.25, -0.2) is 0 Å². The number of aryl methyl sites for hydroxylation is 1. The third-order valence-electron chi connectivity index (χ3n) is 11.4. The standard InChI is InChI=1S/C40H46N2O2/c1-29-28-42(23-11-14-30-12-3-2-4-13-30)34-25-33(26-40(29,27-34)32-17-10-18-35(43)24-32)41-38(44)39(21-7-8-22-39)37-20-9-16-31-15-5-6-19-36(31)37/h2-6,9-10,12-13,15-20,24,29,33-34,43H,7-8,11,14,21-23,25-28H2,1H3,(H,41,44)/t29-,33+,34+,40+/m0/s1. The summed E-state index contributed by atoms with van der Waals surface area (Å²) in [6, 6.07) is 34.3. The van der Waals surface area contributed by atoms with Crippen LogP contribution in [0.4, 0.5) is 0 Å². The molecule has 2 aliphatic carbocycles. The van der Waals surface area contributed by atoms with Gasteiger partial charge in [0.15, 0.2) is 0 Å². The van der Waals surface area contributed by atoms with Crippen LogP contribution in [0.15, 0.2) is 97.1 Å². The number of carbonyl (C=O) groups is 1. The fourth-order valence-electron chi connectivity index (χ4n) is 9.21.